The Labute approximate surface area is 117 Å². The summed E-state index contributed by atoms with van der Waals surface area (Å²) in [7, 11) is -3.33. The van der Waals surface area contributed by atoms with Crippen molar-refractivity contribution < 1.29 is 8.42 Å². The molecule has 104 valence electrons. The number of thiophene rings is 1. The Balaban J connectivity index is 2.36. The molecule has 18 heavy (non-hydrogen) atoms. The quantitative estimate of drug-likeness (QED) is 0.685. The molecule has 0 amide bonds. The Kier molecular flexibility index (Phi) is 7.25. The van der Waals surface area contributed by atoms with Gasteiger partial charge in [0.25, 0.3) is 0 Å². The topological polar surface area (TPSA) is 72.2 Å². The van der Waals surface area contributed by atoms with Crippen LogP contribution in [0.5, 0.6) is 0 Å². The highest BCUT2D eigenvalue weighted by molar-refractivity contribution is 7.98. The minimum absolute atomic E-state index is 0.354. The van der Waals surface area contributed by atoms with Crippen LogP contribution in [0, 0.1) is 0 Å². The molecule has 0 radical (unpaired) electrons. The van der Waals surface area contributed by atoms with Crippen molar-refractivity contribution in [2.45, 2.75) is 30.0 Å². The smallest absolute Gasteiger partial charge is 0.250 e. The summed E-state index contributed by atoms with van der Waals surface area (Å²) in [4.78, 5) is 0. The Morgan fingerprint density at radius 1 is 1.39 bits per heavy atom. The number of hydrogen-bond donors (Lipinski definition) is 2. The monoisotopic (exact) mass is 308 g/mol. The highest BCUT2D eigenvalue weighted by atomic mass is 32.2. The van der Waals surface area contributed by atoms with Crippen molar-refractivity contribution in [3.05, 3.63) is 17.0 Å². The van der Waals surface area contributed by atoms with E-state index < -0.39 is 10.0 Å². The average Bonchev–Trinajstić information content (AvgIpc) is 2.83. The van der Waals surface area contributed by atoms with Crippen molar-refractivity contribution in [1.82, 2.24) is 4.72 Å². The third-order valence-corrected chi connectivity index (χ3v) is 6.09. The van der Waals surface area contributed by atoms with Crippen LogP contribution >= 0.6 is 23.1 Å². The van der Waals surface area contributed by atoms with Crippen molar-refractivity contribution in [2.75, 3.05) is 18.6 Å². The Morgan fingerprint density at radius 3 is 2.78 bits per heavy atom. The average molecular weight is 308 g/mol. The SMILES string of the molecule is CSCCCCCNS(=O)(=O)c1cc(CN)cs1. The molecule has 0 atom stereocenters. The lowest BCUT2D eigenvalue weighted by molar-refractivity contribution is 0.578. The fourth-order valence-corrected chi connectivity index (χ4v) is 4.26. The fourth-order valence-electron chi connectivity index (χ4n) is 1.43. The summed E-state index contributed by atoms with van der Waals surface area (Å²) < 4.78 is 26.8. The lowest BCUT2D eigenvalue weighted by Crippen LogP contribution is -2.24. The van der Waals surface area contributed by atoms with Crippen LogP contribution in [0.1, 0.15) is 24.8 Å². The second-order valence-electron chi connectivity index (χ2n) is 3.93. The minimum atomic E-state index is -3.33. The highest BCUT2D eigenvalue weighted by Crippen LogP contribution is 2.19. The predicted octanol–water partition coefficient (Wildman–Crippen LogP) is 2.02. The van der Waals surface area contributed by atoms with Crippen molar-refractivity contribution in [1.29, 1.82) is 0 Å². The molecule has 0 saturated heterocycles. The van der Waals surface area contributed by atoms with Crippen molar-refractivity contribution in [2.24, 2.45) is 5.73 Å². The lowest BCUT2D eigenvalue weighted by Gasteiger charge is -2.04. The van der Waals surface area contributed by atoms with Crippen LogP contribution in [0.25, 0.3) is 0 Å². The van der Waals surface area contributed by atoms with Crippen LogP contribution in [-0.2, 0) is 16.6 Å². The zero-order valence-corrected chi connectivity index (χ0v) is 13.0. The first kappa shape index (κ1) is 16.0. The second kappa shape index (κ2) is 8.16. The molecule has 1 aromatic rings. The summed E-state index contributed by atoms with van der Waals surface area (Å²) in [6.45, 7) is 0.882. The van der Waals surface area contributed by atoms with Gasteiger partial charge in [-0.1, -0.05) is 6.42 Å². The van der Waals surface area contributed by atoms with E-state index in [1.807, 2.05) is 11.8 Å². The van der Waals surface area contributed by atoms with Crippen molar-refractivity contribution in [3.63, 3.8) is 0 Å². The van der Waals surface area contributed by atoms with Gasteiger partial charge in [-0.25, -0.2) is 13.1 Å². The van der Waals surface area contributed by atoms with E-state index in [4.69, 9.17) is 5.73 Å². The van der Waals surface area contributed by atoms with E-state index in [0.29, 0.717) is 17.3 Å². The number of sulfonamides is 1. The van der Waals surface area contributed by atoms with E-state index in [1.165, 1.54) is 11.3 Å². The number of hydrogen-bond acceptors (Lipinski definition) is 5. The van der Waals surface area contributed by atoms with Gasteiger partial charge in [0.15, 0.2) is 0 Å². The summed E-state index contributed by atoms with van der Waals surface area (Å²) in [6, 6.07) is 1.64. The first-order valence-corrected chi connectivity index (χ1v) is 9.62. The molecule has 1 aromatic heterocycles. The molecule has 3 N–H and O–H groups in total. The summed E-state index contributed by atoms with van der Waals surface area (Å²) in [5.74, 6) is 1.14. The fraction of sp³-hybridized carbons (Fsp3) is 0.636. The number of unbranched alkanes of at least 4 members (excludes halogenated alkanes) is 2. The lowest BCUT2D eigenvalue weighted by atomic mass is 10.2. The van der Waals surface area contributed by atoms with Gasteiger partial charge >= 0.3 is 0 Å². The van der Waals surface area contributed by atoms with Crippen LogP contribution in [0.2, 0.25) is 0 Å². The van der Waals surface area contributed by atoms with E-state index >= 15 is 0 Å². The molecule has 0 fully saturated rings. The number of nitrogens with one attached hydrogen (secondary N) is 1. The van der Waals surface area contributed by atoms with Crippen molar-refractivity contribution in [3.8, 4) is 0 Å². The van der Waals surface area contributed by atoms with E-state index in [9.17, 15) is 8.42 Å². The summed E-state index contributed by atoms with van der Waals surface area (Å²) in [5.41, 5.74) is 6.33. The van der Waals surface area contributed by atoms with Gasteiger partial charge in [0, 0.05) is 13.1 Å². The van der Waals surface area contributed by atoms with E-state index in [2.05, 4.69) is 11.0 Å². The summed E-state index contributed by atoms with van der Waals surface area (Å²) >= 11 is 3.04. The standard InChI is InChI=1S/C11H20N2O2S3/c1-16-6-4-2-3-5-13-18(14,15)11-7-10(8-12)9-17-11/h7,9,13H,2-6,8,12H2,1H3. The predicted molar refractivity (Wildman–Crippen MR) is 79.6 cm³/mol. The molecule has 0 aliphatic rings. The maximum atomic E-state index is 11.9. The molecule has 7 heteroatoms. The largest absolute Gasteiger partial charge is 0.326 e. The third-order valence-electron chi connectivity index (χ3n) is 2.45. The molecule has 4 nitrogen and oxygen atoms in total. The first-order valence-electron chi connectivity index (χ1n) is 5.86. The molecule has 0 unspecified atom stereocenters. The third kappa shape index (κ3) is 5.27. The molecule has 0 aliphatic heterocycles. The molecule has 0 aliphatic carbocycles. The first-order chi connectivity index (χ1) is 8.60. The zero-order chi connectivity index (χ0) is 13.4. The number of rotatable bonds is 9. The maximum Gasteiger partial charge on any atom is 0.250 e. The minimum Gasteiger partial charge on any atom is -0.326 e. The maximum absolute atomic E-state index is 11.9. The van der Waals surface area contributed by atoms with Gasteiger partial charge in [-0.05, 0) is 41.9 Å². The Morgan fingerprint density at radius 2 is 2.17 bits per heavy atom. The molecule has 0 aromatic carbocycles. The normalized spacial score (nSPS) is 11.9. The van der Waals surface area contributed by atoms with E-state index in [0.717, 1.165) is 30.6 Å². The van der Waals surface area contributed by atoms with E-state index in [1.54, 1.807) is 11.4 Å². The molecule has 0 bridgehead atoms. The summed E-state index contributed by atoms with van der Waals surface area (Å²) in [5, 5.41) is 1.78. The Hall–Kier alpha value is -0.0800. The molecular formula is C11H20N2O2S3. The van der Waals surface area contributed by atoms with Gasteiger partial charge in [-0.3, -0.25) is 0 Å². The molecule has 0 saturated carbocycles. The molecular weight excluding hydrogens is 288 g/mol. The van der Waals surface area contributed by atoms with Gasteiger partial charge in [0.1, 0.15) is 4.21 Å². The van der Waals surface area contributed by atoms with Crippen LogP contribution in [0.4, 0.5) is 0 Å². The summed E-state index contributed by atoms with van der Waals surface area (Å²) in [6.07, 6.45) is 5.16. The van der Waals surface area contributed by atoms with Gasteiger partial charge < -0.3 is 5.73 Å². The van der Waals surface area contributed by atoms with Gasteiger partial charge in [0.2, 0.25) is 10.0 Å². The van der Waals surface area contributed by atoms with Gasteiger partial charge in [0.05, 0.1) is 0 Å². The van der Waals surface area contributed by atoms with Crippen molar-refractivity contribution >= 4 is 33.1 Å². The van der Waals surface area contributed by atoms with E-state index in [-0.39, 0.29) is 0 Å². The molecule has 0 spiro atoms. The molecule has 1 rings (SSSR count). The second-order valence-corrected chi connectivity index (χ2v) is 7.82. The van der Waals surface area contributed by atoms with Crippen LogP contribution < -0.4 is 10.5 Å². The van der Waals surface area contributed by atoms with Gasteiger partial charge in [-0.2, -0.15) is 11.8 Å². The van der Waals surface area contributed by atoms with Crippen LogP contribution in [0.15, 0.2) is 15.7 Å². The number of thioether (sulfide) groups is 1. The number of nitrogens with two attached hydrogens (primary N) is 1. The molecule has 1 heterocycles. The van der Waals surface area contributed by atoms with Crippen LogP contribution in [-0.4, -0.2) is 27.0 Å². The van der Waals surface area contributed by atoms with Crippen LogP contribution in [0.3, 0.4) is 0 Å². The zero-order valence-electron chi connectivity index (χ0n) is 10.5. The Bertz CT molecular complexity index is 443. The van der Waals surface area contributed by atoms with Gasteiger partial charge in [-0.15, -0.1) is 11.3 Å². The highest BCUT2D eigenvalue weighted by Gasteiger charge is 2.15.